The van der Waals surface area contributed by atoms with Gasteiger partial charge >= 0.3 is 0 Å². The number of allylic oxidation sites excluding steroid dienone is 4. The van der Waals surface area contributed by atoms with E-state index in [2.05, 4.69) is 0 Å². The number of rotatable bonds is 1. The van der Waals surface area contributed by atoms with E-state index in [4.69, 9.17) is 0 Å². The summed E-state index contributed by atoms with van der Waals surface area (Å²) in [5, 5.41) is 28.5. The Balaban J connectivity index is 2.41. The molecule has 0 bridgehead atoms. The van der Waals surface area contributed by atoms with Gasteiger partial charge in [0, 0.05) is 5.57 Å². The zero-order chi connectivity index (χ0) is 13.3. The van der Waals surface area contributed by atoms with Crippen molar-refractivity contribution in [2.24, 2.45) is 0 Å². The summed E-state index contributed by atoms with van der Waals surface area (Å²) in [5.74, 6) is -1.49. The minimum Gasteiger partial charge on any atom is -0.387 e. The summed E-state index contributed by atoms with van der Waals surface area (Å²) in [7, 11) is 0. The molecule has 2 aliphatic carbocycles. The van der Waals surface area contributed by atoms with Crippen LogP contribution in [0.5, 0.6) is 0 Å². The summed E-state index contributed by atoms with van der Waals surface area (Å²) in [6.45, 7) is 0. The topological polar surface area (TPSA) is 94.8 Å². The van der Waals surface area contributed by atoms with Crippen molar-refractivity contribution in [2.75, 3.05) is 0 Å². The maximum absolute atomic E-state index is 11.9. The first-order chi connectivity index (χ1) is 8.52. The quantitative estimate of drug-likeness (QED) is 0.579. The Kier molecular flexibility index (Phi) is 3.56. The van der Waals surface area contributed by atoms with E-state index in [0.29, 0.717) is 12.0 Å². The first-order valence-electron chi connectivity index (χ1n) is 5.72. The van der Waals surface area contributed by atoms with E-state index in [9.17, 15) is 24.9 Å². The van der Waals surface area contributed by atoms with Gasteiger partial charge in [-0.05, 0) is 24.5 Å². The van der Waals surface area contributed by atoms with Crippen molar-refractivity contribution in [3.8, 4) is 0 Å². The molecule has 5 heteroatoms. The van der Waals surface area contributed by atoms with Gasteiger partial charge in [0.1, 0.15) is 18.3 Å². The molecule has 0 fully saturated rings. The van der Waals surface area contributed by atoms with Crippen molar-refractivity contribution in [1.82, 2.24) is 0 Å². The van der Waals surface area contributed by atoms with Gasteiger partial charge in [0.15, 0.2) is 11.6 Å². The van der Waals surface area contributed by atoms with Crippen LogP contribution in [-0.4, -0.2) is 45.2 Å². The molecule has 96 valence electrons. The molecule has 0 saturated heterocycles. The Labute approximate surface area is 104 Å². The molecule has 0 aromatic heterocycles. The predicted molar refractivity (Wildman–Crippen MR) is 62.6 cm³/mol. The zero-order valence-electron chi connectivity index (χ0n) is 9.61. The largest absolute Gasteiger partial charge is 0.387 e. The average molecular weight is 250 g/mol. The highest BCUT2D eigenvalue weighted by Crippen LogP contribution is 2.25. The minimum atomic E-state index is -1.78. The van der Waals surface area contributed by atoms with Gasteiger partial charge in [0.05, 0.1) is 0 Å². The third-order valence-electron chi connectivity index (χ3n) is 3.12. The molecule has 3 atom stereocenters. The van der Waals surface area contributed by atoms with Crippen molar-refractivity contribution < 1.29 is 24.9 Å². The van der Waals surface area contributed by atoms with E-state index < -0.39 is 29.9 Å². The fourth-order valence-electron chi connectivity index (χ4n) is 2.03. The highest BCUT2D eigenvalue weighted by Gasteiger charge is 2.39. The van der Waals surface area contributed by atoms with Crippen LogP contribution < -0.4 is 0 Å². The SMILES string of the molecule is O=C1C(C2=CC=CCC2)=CC(=O)[C@H](O)[C@@H](O)[C@@H]1O. The number of hydrogen-bond acceptors (Lipinski definition) is 5. The van der Waals surface area contributed by atoms with Gasteiger partial charge in [-0.25, -0.2) is 0 Å². The monoisotopic (exact) mass is 250 g/mol. The van der Waals surface area contributed by atoms with Crippen molar-refractivity contribution in [3.05, 3.63) is 35.5 Å². The molecule has 0 amide bonds. The molecule has 18 heavy (non-hydrogen) atoms. The van der Waals surface area contributed by atoms with Crippen LogP contribution in [0.15, 0.2) is 35.5 Å². The summed E-state index contributed by atoms with van der Waals surface area (Å²) >= 11 is 0. The molecule has 2 aliphatic rings. The van der Waals surface area contributed by atoms with Gasteiger partial charge in [0.25, 0.3) is 0 Å². The predicted octanol–water partition coefficient (Wildman–Crippen LogP) is -0.576. The molecule has 0 unspecified atom stereocenters. The molecule has 0 radical (unpaired) electrons. The Morgan fingerprint density at radius 3 is 2.44 bits per heavy atom. The molecular weight excluding hydrogens is 236 g/mol. The first-order valence-corrected chi connectivity index (χ1v) is 5.72. The van der Waals surface area contributed by atoms with Gasteiger partial charge in [-0.2, -0.15) is 0 Å². The Bertz CT molecular complexity index is 472. The number of aliphatic hydroxyl groups excluding tert-OH is 3. The van der Waals surface area contributed by atoms with Gasteiger partial charge in [0.2, 0.25) is 0 Å². The Morgan fingerprint density at radius 1 is 1.11 bits per heavy atom. The minimum absolute atomic E-state index is 0.0763. The zero-order valence-corrected chi connectivity index (χ0v) is 9.61. The van der Waals surface area contributed by atoms with Crippen molar-refractivity contribution in [1.29, 1.82) is 0 Å². The molecule has 0 aromatic rings. The van der Waals surface area contributed by atoms with Crippen LogP contribution >= 0.6 is 0 Å². The number of aliphatic hydroxyl groups is 3. The molecule has 0 spiro atoms. The lowest BCUT2D eigenvalue weighted by Gasteiger charge is -2.18. The molecule has 0 aromatic carbocycles. The fraction of sp³-hybridized carbons (Fsp3) is 0.385. The van der Waals surface area contributed by atoms with E-state index in [0.717, 1.165) is 12.5 Å². The molecule has 0 aliphatic heterocycles. The van der Waals surface area contributed by atoms with Gasteiger partial charge in [-0.1, -0.05) is 18.2 Å². The van der Waals surface area contributed by atoms with Gasteiger partial charge in [-0.3, -0.25) is 9.59 Å². The second-order valence-corrected chi connectivity index (χ2v) is 4.36. The maximum atomic E-state index is 11.9. The Morgan fingerprint density at radius 2 is 1.83 bits per heavy atom. The molecule has 0 heterocycles. The van der Waals surface area contributed by atoms with Crippen LogP contribution in [0.3, 0.4) is 0 Å². The van der Waals surface area contributed by atoms with E-state index in [-0.39, 0.29) is 5.57 Å². The van der Waals surface area contributed by atoms with Crippen LogP contribution in [0.25, 0.3) is 0 Å². The number of carbonyl (C=O) groups is 2. The average Bonchev–Trinajstić information content (AvgIpc) is 2.47. The fourth-order valence-corrected chi connectivity index (χ4v) is 2.03. The number of hydrogen-bond donors (Lipinski definition) is 3. The van der Waals surface area contributed by atoms with E-state index >= 15 is 0 Å². The number of carbonyl (C=O) groups excluding carboxylic acids is 2. The van der Waals surface area contributed by atoms with Crippen molar-refractivity contribution in [2.45, 2.75) is 31.2 Å². The molecular formula is C13H14O5. The second-order valence-electron chi connectivity index (χ2n) is 4.36. The van der Waals surface area contributed by atoms with Crippen LogP contribution in [0, 0.1) is 0 Å². The van der Waals surface area contributed by atoms with Crippen molar-refractivity contribution in [3.63, 3.8) is 0 Å². The molecule has 3 N–H and O–H groups in total. The summed E-state index contributed by atoms with van der Waals surface area (Å²) < 4.78 is 0. The highest BCUT2D eigenvalue weighted by molar-refractivity contribution is 6.11. The highest BCUT2D eigenvalue weighted by atomic mass is 16.4. The summed E-state index contributed by atoms with van der Waals surface area (Å²) in [4.78, 5) is 23.5. The van der Waals surface area contributed by atoms with Crippen LogP contribution in [0.1, 0.15) is 12.8 Å². The normalized spacial score (nSPS) is 32.9. The van der Waals surface area contributed by atoms with Crippen LogP contribution in [0.4, 0.5) is 0 Å². The number of ketones is 2. The van der Waals surface area contributed by atoms with Crippen LogP contribution in [0.2, 0.25) is 0 Å². The van der Waals surface area contributed by atoms with E-state index in [1.54, 1.807) is 12.2 Å². The third-order valence-corrected chi connectivity index (χ3v) is 3.12. The Hall–Kier alpha value is -1.56. The summed E-state index contributed by atoms with van der Waals surface area (Å²) in [6.07, 6.45) is 2.40. The van der Waals surface area contributed by atoms with Gasteiger partial charge < -0.3 is 15.3 Å². The number of Topliss-reactive ketones (excluding diaryl/α,β-unsaturated/α-hetero) is 1. The lowest BCUT2D eigenvalue weighted by atomic mass is 9.92. The smallest absolute Gasteiger partial charge is 0.194 e. The lowest BCUT2D eigenvalue weighted by molar-refractivity contribution is -0.140. The summed E-state index contributed by atoms with van der Waals surface area (Å²) in [6, 6.07) is 0. The lowest BCUT2D eigenvalue weighted by Crippen LogP contribution is -2.43. The van der Waals surface area contributed by atoms with Crippen LogP contribution in [-0.2, 0) is 9.59 Å². The second kappa shape index (κ2) is 4.97. The van der Waals surface area contributed by atoms with E-state index in [1.807, 2.05) is 6.08 Å². The van der Waals surface area contributed by atoms with E-state index in [1.165, 1.54) is 0 Å². The molecule has 0 saturated carbocycles. The summed E-state index contributed by atoms with van der Waals surface area (Å²) in [5.41, 5.74) is 0.712. The molecule has 5 nitrogen and oxygen atoms in total. The third kappa shape index (κ3) is 2.20. The molecule has 2 rings (SSSR count). The van der Waals surface area contributed by atoms with Gasteiger partial charge in [-0.15, -0.1) is 0 Å². The maximum Gasteiger partial charge on any atom is 0.194 e. The first kappa shape index (κ1) is 12.9. The standard InChI is InChI=1S/C13H14O5/c14-9-6-8(7-4-2-1-3-5-7)10(15)12(17)13(18)11(9)16/h1-2,4,6,11-13,16-18H,3,5H2/t11-,12+,13+/m0/s1. The van der Waals surface area contributed by atoms with Crippen molar-refractivity contribution >= 4 is 11.6 Å².